The van der Waals surface area contributed by atoms with Crippen molar-refractivity contribution in [3.8, 4) is 11.5 Å². The molecule has 1 saturated heterocycles. The highest BCUT2D eigenvalue weighted by molar-refractivity contribution is 5.95. The summed E-state index contributed by atoms with van der Waals surface area (Å²) in [7, 11) is 1.55. The number of hydrogen-bond acceptors (Lipinski definition) is 5. The fourth-order valence-electron chi connectivity index (χ4n) is 4.26. The minimum Gasteiger partial charge on any atom is -0.493 e. The molecular weight excluding hydrogens is 394 g/mol. The lowest BCUT2D eigenvalue weighted by atomic mass is 9.85. The van der Waals surface area contributed by atoms with Crippen molar-refractivity contribution in [1.82, 2.24) is 10.6 Å². The third kappa shape index (κ3) is 5.54. The van der Waals surface area contributed by atoms with Gasteiger partial charge in [-0.15, -0.1) is 12.4 Å². The lowest BCUT2D eigenvalue weighted by molar-refractivity contribution is -0.123. The fraction of sp³-hybridized carbons (Fsp3) is 0.619. The second kappa shape index (κ2) is 9.67. The molecule has 3 fully saturated rings. The monoisotopic (exact) mass is 423 g/mol. The van der Waals surface area contributed by atoms with Crippen LogP contribution in [0.1, 0.15) is 44.9 Å². The summed E-state index contributed by atoms with van der Waals surface area (Å²) < 4.78 is 11.0. The average Bonchev–Trinajstić information content (AvgIpc) is 3.40. The van der Waals surface area contributed by atoms with Crippen molar-refractivity contribution in [3.63, 3.8) is 0 Å². The summed E-state index contributed by atoms with van der Waals surface area (Å²) in [4.78, 5) is 24.6. The second-order valence-electron chi connectivity index (χ2n) is 8.09. The van der Waals surface area contributed by atoms with Gasteiger partial charge in [0.1, 0.15) is 0 Å². The van der Waals surface area contributed by atoms with Crippen molar-refractivity contribution < 1.29 is 19.1 Å². The van der Waals surface area contributed by atoms with Gasteiger partial charge in [-0.25, -0.2) is 0 Å². The van der Waals surface area contributed by atoms with Gasteiger partial charge in [0.25, 0.3) is 5.91 Å². The molecule has 1 aliphatic heterocycles. The zero-order valence-electron chi connectivity index (χ0n) is 16.7. The Morgan fingerprint density at radius 2 is 1.93 bits per heavy atom. The molecule has 1 heterocycles. The number of methoxy groups -OCH3 is 1. The largest absolute Gasteiger partial charge is 0.493 e. The first-order valence-corrected chi connectivity index (χ1v) is 10.3. The van der Waals surface area contributed by atoms with E-state index in [2.05, 4.69) is 16.0 Å². The van der Waals surface area contributed by atoms with Crippen LogP contribution in [0.4, 0.5) is 5.69 Å². The first kappa shape index (κ1) is 21.7. The van der Waals surface area contributed by atoms with Crippen LogP contribution in [-0.4, -0.2) is 43.7 Å². The van der Waals surface area contributed by atoms with E-state index in [1.807, 2.05) is 0 Å². The van der Waals surface area contributed by atoms with Crippen LogP contribution in [0.25, 0.3) is 0 Å². The zero-order chi connectivity index (χ0) is 19.5. The first-order valence-electron chi connectivity index (χ1n) is 10.3. The molecule has 3 atom stereocenters. The molecule has 3 unspecified atom stereocenters. The number of carbonyl (C=O) groups excluding carboxylic acids is 2. The third-order valence-corrected chi connectivity index (χ3v) is 5.91. The molecule has 0 aromatic heterocycles. The summed E-state index contributed by atoms with van der Waals surface area (Å²) in [6.45, 7) is -0.0716. The molecule has 0 radical (unpaired) electrons. The first-order chi connectivity index (χ1) is 13.6. The molecule has 2 saturated carbocycles. The maximum Gasteiger partial charge on any atom is 0.258 e. The lowest BCUT2D eigenvalue weighted by Crippen LogP contribution is -2.39. The maximum absolute atomic E-state index is 12.7. The van der Waals surface area contributed by atoms with Crippen LogP contribution in [0.2, 0.25) is 0 Å². The predicted molar refractivity (Wildman–Crippen MR) is 113 cm³/mol. The van der Waals surface area contributed by atoms with Gasteiger partial charge in [-0.1, -0.05) is 12.8 Å². The Morgan fingerprint density at radius 1 is 1.14 bits per heavy atom. The molecule has 1 aromatic carbocycles. The SMILES string of the molecule is COc1ccc(NC(=O)C2CC3CCCCC3N2)cc1OCC(=O)NC1CC1.Cl. The van der Waals surface area contributed by atoms with E-state index in [4.69, 9.17) is 9.47 Å². The van der Waals surface area contributed by atoms with Gasteiger partial charge < -0.3 is 25.4 Å². The van der Waals surface area contributed by atoms with E-state index < -0.39 is 0 Å². The molecular formula is C21H30ClN3O4. The number of hydrogen-bond donors (Lipinski definition) is 3. The van der Waals surface area contributed by atoms with Gasteiger partial charge in [0.2, 0.25) is 5.91 Å². The molecule has 2 amide bonds. The Hall–Kier alpha value is -1.99. The summed E-state index contributed by atoms with van der Waals surface area (Å²) >= 11 is 0. The van der Waals surface area contributed by atoms with Crippen molar-refractivity contribution in [2.45, 2.75) is 63.1 Å². The molecule has 0 bridgehead atoms. The van der Waals surface area contributed by atoms with Crippen LogP contribution in [0.3, 0.4) is 0 Å². The minimum atomic E-state index is -0.149. The highest BCUT2D eigenvalue weighted by Gasteiger charge is 2.38. The van der Waals surface area contributed by atoms with Gasteiger partial charge in [-0.05, 0) is 50.2 Å². The number of nitrogens with one attached hydrogen (secondary N) is 3. The number of fused-ring (bicyclic) bond motifs is 1. The normalized spacial score (nSPS) is 25.3. The number of amides is 2. The van der Waals surface area contributed by atoms with Gasteiger partial charge in [0.15, 0.2) is 18.1 Å². The third-order valence-electron chi connectivity index (χ3n) is 5.91. The maximum atomic E-state index is 12.7. The highest BCUT2D eigenvalue weighted by Crippen LogP contribution is 2.34. The average molecular weight is 424 g/mol. The molecule has 2 aliphatic carbocycles. The van der Waals surface area contributed by atoms with Crippen molar-refractivity contribution in [3.05, 3.63) is 18.2 Å². The Balaban J connectivity index is 0.00000240. The molecule has 7 nitrogen and oxygen atoms in total. The van der Waals surface area contributed by atoms with E-state index in [9.17, 15) is 9.59 Å². The van der Waals surface area contributed by atoms with Crippen LogP contribution in [0.15, 0.2) is 18.2 Å². The molecule has 160 valence electrons. The highest BCUT2D eigenvalue weighted by atomic mass is 35.5. The topological polar surface area (TPSA) is 88.7 Å². The van der Waals surface area contributed by atoms with Crippen LogP contribution < -0.4 is 25.4 Å². The van der Waals surface area contributed by atoms with E-state index >= 15 is 0 Å². The molecule has 3 N–H and O–H groups in total. The van der Waals surface area contributed by atoms with E-state index in [-0.39, 0.29) is 36.9 Å². The van der Waals surface area contributed by atoms with Gasteiger partial charge >= 0.3 is 0 Å². The fourth-order valence-corrected chi connectivity index (χ4v) is 4.26. The predicted octanol–water partition coefficient (Wildman–Crippen LogP) is 2.63. The quantitative estimate of drug-likeness (QED) is 0.627. The van der Waals surface area contributed by atoms with Crippen molar-refractivity contribution in [1.29, 1.82) is 0 Å². The Labute approximate surface area is 177 Å². The molecule has 0 spiro atoms. The summed E-state index contributed by atoms with van der Waals surface area (Å²) in [6.07, 6.45) is 7.86. The number of benzene rings is 1. The summed E-state index contributed by atoms with van der Waals surface area (Å²) in [5.74, 6) is 1.43. The van der Waals surface area contributed by atoms with E-state index in [0.29, 0.717) is 35.2 Å². The molecule has 3 aliphatic rings. The smallest absolute Gasteiger partial charge is 0.258 e. The Bertz CT molecular complexity index is 727. The number of halogens is 1. The van der Waals surface area contributed by atoms with E-state index in [1.54, 1.807) is 25.3 Å². The summed E-state index contributed by atoms with van der Waals surface area (Å²) in [5.41, 5.74) is 0.639. The van der Waals surface area contributed by atoms with Crippen LogP contribution >= 0.6 is 12.4 Å². The van der Waals surface area contributed by atoms with E-state index in [0.717, 1.165) is 25.7 Å². The molecule has 29 heavy (non-hydrogen) atoms. The van der Waals surface area contributed by atoms with Gasteiger partial charge in [0.05, 0.1) is 13.2 Å². The molecule has 4 rings (SSSR count). The van der Waals surface area contributed by atoms with Gasteiger partial charge in [-0.3, -0.25) is 9.59 Å². The van der Waals surface area contributed by atoms with Crippen LogP contribution in [-0.2, 0) is 9.59 Å². The Kier molecular flexibility index (Phi) is 7.24. The Morgan fingerprint density at radius 3 is 2.66 bits per heavy atom. The van der Waals surface area contributed by atoms with Crippen LogP contribution in [0, 0.1) is 5.92 Å². The van der Waals surface area contributed by atoms with Crippen LogP contribution in [0.5, 0.6) is 11.5 Å². The number of rotatable bonds is 7. The number of ether oxygens (including phenoxy) is 2. The standard InChI is InChI=1S/C21H29N3O4.ClH/c1-27-18-9-8-15(11-19(18)28-12-20(25)22-14-6-7-14)23-21(26)17-10-13-4-2-3-5-16(13)24-17;/h8-9,11,13-14,16-17,24H,2-7,10,12H2,1H3,(H,22,25)(H,23,26);1H. The summed E-state index contributed by atoms with van der Waals surface area (Å²) in [5, 5.41) is 9.36. The van der Waals surface area contributed by atoms with Gasteiger partial charge in [-0.2, -0.15) is 0 Å². The number of carbonyl (C=O) groups is 2. The van der Waals surface area contributed by atoms with Gasteiger partial charge in [0, 0.05) is 23.8 Å². The summed E-state index contributed by atoms with van der Waals surface area (Å²) in [6, 6.07) is 5.87. The molecule has 8 heteroatoms. The second-order valence-corrected chi connectivity index (χ2v) is 8.09. The van der Waals surface area contributed by atoms with Crippen molar-refractivity contribution in [2.75, 3.05) is 19.0 Å². The minimum absolute atomic E-state index is 0. The zero-order valence-corrected chi connectivity index (χ0v) is 17.6. The lowest BCUT2D eigenvalue weighted by Gasteiger charge is -2.24. The van der Waals surface area contributed by atoms with E-state index in [1.165, 1.54) is 19.3 Å². The molecule has 1 aromatic rings. The van der Waals surface area contributed by atoms with Crippen molar-refractivity contribution in [2.24, 2.45) is 5.92 Å². The number of anilines is 1. The van der Waals surface area contributed by atoms with Crippen molar-refractivity contribution >= 4 is 29.9 Å².